The van der Waals surface area contributed by atoms with E-state index in [4.69, 9.17) is 5.14 Å². The van der Waals surface area contributed by atoms with Crippen molar-refractivity contribution < 1.29 is 12.8 Å². The van der Waals surface area contributed by atoms with Gasteiger partial charge in [0.2, 0.25) is 0 Å². The van der Waals surface area contributed by atoms with Gasteiger partial charge in [0.25, 0.3) is 10.2 Å². The Hall–Kier alpha value is -0.540. The Bertz CT molecular complexity index is 559. The molecule has 1 fully saturated rings. The van der Waals surface area contributed by atoms with E-state index < -0.39 is 10.2 Å². The summed E-state index contributed by atoms with van der Waals surface area (Å²) in [5, 5.41) is 5.08. The molecule has 0 aliphatic carbocycles. The van der Waals surface area contributed by atoms with Crippen LogP contribution in [0.15, 0.2) is 22.7 Å². The number of hydrogen-bond acceptors (Lipinski definition) is 3. The zero-order chi connectivity index (χ0) is 14.0. The smallest absolute Gasteiger partial charge is 0.276 e. The third-order valence-corrected chi connectivity index (χ3v) is 4.92. The highest BCUT2D eigenvalue weighted by Crippen LogP contribution is 2.20. The predicted molar refractivity (Wildman–Crippen MR) is 74.1 cm³/mol. The Morgan fingerprint density at radius 3 is 2.42 bits per heavy atom. The van der Waals surface area contributed by atoms with Gasteiger partial charge in [0.05, 0.1) is 0 Å². The molecule has 1 aliphatic rings. The highest BCUT2D eigenvalue weighted by molar-refractivity contribution is 9.10. The topological polar surface area (TPSA) is 66.6 Å². The number of halogens is 2. The first-order chi connectivity index (χ1) is 8.86. The van der Waals surface area contributed by atoms with E-state index in [-0.39, 0.29) is 5.82 Å². The van der Waals surface area contributed by atoms with Crippen molar-refractivity contribution in [3.8, 4) is 0 Å². The molecule has 0 atom stereocenters. The van der Waals surface area contributed by atoms with E-state index in [0.717, 1.165) is 10.0 Å². The summed E-state index contributed by atoms with van der Waals surface area (Å²) in [7, 11) is -3.59. The Morgan fingerprint density at radius 1 is 1.26 bits per heavy atom. The van der Waals surface area contributed by atoms with Gasteiger partial charge in [0.15, 0.2) is 0 Å². The monoisotopic (exact) mass is 351 g/mol. The quantitative estimate of drug-likeness (QED) is 0.879. The third-order valence-electron chi connectivity index (χ3n) is 3.10. The minimum atomic E-state index is -3.59. The minimum absolute atomic E-state index is 0.283. The molecule has 0 spiro atoms. The Kier molecular flexibility index (Phi) is 4.57. The summed E-state index contributed by atoms with van der Waals surface area (Å²) in [6, 6.07) is 4.57. The molecule has 0 aromatic heterocycles. The standard InChI is InChI=1S/C11H15BrFN3O2S/c12-11-7-10(13)2-1-9(11)8-15-3-5-16(6-4-15)19(14,17)18/h1-2,7H,3-6,8H2,(H2,14,17,18). The van der Waals surface area contributed by atoms with Gasteiger partial charge in [-0.2, -0.15) is 12.7 Å². The average Bonchev–Trinajstić information content (AvgIpc) is 2.32. The Labute approximate surface area is 120 Å². The fraction of sp³-hybridized carbons (Fsp3) is 0.455. The molecule has 1 aliphatic heterocycles. The van der Waals surface area contributed by atoms with Crippen LogP contribution in [-0.2, 0) is 16.8 Å². The molecule has 1 aromatic carbocycles. The summed E-state index contributed by atoms with van der Waals surface area (Å²) in [5.74, 6) is -0.283. The van der Waals surface area contributed by atoms with Gasteiger partial charge in [-0.05, 0) is 17.7 Å². The first-order valence-electron chi connectivity index (χ1n) is 5.80. The second-order valence-electron chi connectivity index (χ2n) is 4.46. The van der Waals surface area contributed by atoms with Crippen LogP contribution < -0.4 is 5.14 Å². The molecule has 0 unspecified atom stereocenters. The van der Waals surface area contributed by atoms with Crippen molar-refractivity contribution in [1.82, 2.24) is 9.21 Å². The zero-order valence-corrected chi connectivity index (χ0v) is 12.6. The van der Waals surface area contributed by atoms with E-state index in [1.165, 1.54) is 16.4 Å². The fourth-order valence-corrected chi connectivity index (χ4v) is 3.18. The van der Waals surface area contributed by atoms with E-state index >= 15 is 0 Å². The lowest BCUT2D eigenvalue weighted by Gasteiger charge is -2.33. The largest absolute Gasteiger partial charge is 0.296 e. The third kappa shape index (κ3) is 3.96. The summed E-state index contributed by atoms with van der Waals surface area (Å²) >= 11 is 3.32. The van der Waals surface area contributed by atoms with Gasteiger partial charge < -0.3 is 0 Å². The van der Waals surface area contributed by atoms with Crippen molar-refractivity contribution >= 4 is 26.1 Å². The number of rotatable bonds is 3. The van der Waals surface area contributed by atoms with Crippen LogP contribution in [0, 0.1) is 5.82 Å². The molecule has 1 heterocycles. The van der Waals surface area contributed by atoms with Crippen LogP contribution >= 0.6 is 15.9 Å². The predicted octanol–water partition coefficient (Wildman–Crippen LogP) is 0.909. The van der Waals surface area contributed by atoms with Crippen LogP contribution in [0.4, 0.5) is 4.39 Å². The molecule has 1 saturated heterocycles. The number of benzene rings is 1. The van der Waals surface area contributed by atoms with Crippen molar-refractivity contribution in [3.63, 3.8) is 0 Å². The van der Waals surface area contributed by atoms with Crippen LogP contribution in [0.3, 0.4) is 0 Å². The van der Waals surface area contributed by atoms with Crippen LogP contribution in [0.25, 0.3) is 0 Å². The van der Waals surface area contributed by atoms with Gasteiger partial charge in [-0.1, -0.05) is 22.0 Å². The van der Waals surface area contributed by atoms with Crippen LogP contribution in [0.2, 0.25) is 0 Å². The lowest BCUT2D eigenvalue weighted by atomic mass is 10.2. The summed E-state index contributed by atoms with van der Waals surface area (Å²) in [4.78, 5) is 2.11. The molecule has 2 N–H and O–H groups in total. The van der Waals surface area contributed by atoms with Gasteiger partial charge in [-0.25, -0.2) is 9.53 Å². The molecule has 0 bridgehead atoms. The molecular weight excluding hydrogens is 337 g/mol. The van der Waals surface area contributed by atoms with Gasteiger partial charge in [-0.3, -0.25) is 4.90 Å². The van der Waals surface area contributed by atoms with E-state index in [2.05, 4.69) is 20.8 Å². The van der Waals surface area contributed by atoms with Crippen molar-refractivity contribution in [2.75, 3.05) is 26.2 Å². The molecule has 1 aromatic rings. The van der Waals surface area contributed by atoms with Crippen molar-refractivity contribution in [3.05, 3.63) is 34.1 Å². The molecular formula is C11H15BrFN3O2S. The van der Waals surface area contributed by atoms with E-state index in [9.17, 15) is 12.8 Å². The van der Waals surface area contributed by atoms with Gasteiger partial charge in [0.1, 0.15) is 5.82 Å². The lowest BCUT2D eigenvalue weighted by molar-refractivity contribution is 0.181. The summed E-state index contributed by atoms with van der Waals surface area (Å²) in [5.41, 5.74) is 0.977. The number of hydrogen-bond donors (Lipinski definition) is 1. The van der Waals surface area contributed by atoms with Crippen molar-refractivity contribution in [2.45, 2.75) is 6.54 Å². The maximum absolute atomic E-state index is 13.0. The molecule has 0 saturated carbocycles. The van der Waals surface area contributed by atoms with E-state index in [0.29, 0.717) is 32.7 Å². The molecule has 8 heteroatoms. The number of nitrogens with zero attached hydrogens (tertiary/aromatic N) is 2. The summed E-state index contributed by atoms with van der Waals surface area (Å²) in [6.45, 7) is 2.65. The highest BCUT2D eigenvalue weighted by Gasteiger charge is 2.24. The molecule has 19 heavy (non-hydrogen) atoms. The Morgan fingerprint density at radius 2 is 1.89 bits per heavy atom. The second kappa shape index (κ2) is 5.84. The molecule has 2 rings (SSSR count). The molecule has 0 radical (unpaired) electrons. The van der Waals surface area contributed by atoms with E-state index in [1.807, 2.05) is 0 Å². The molecule has 0 amide bonds. The zero-order valence-electron chi connectivity index (χ0n) is 10.2. The summed E-state index contributed by atoms with van der Waals surface area (Å²) < 4.78 is 37.3. The first kappa shape index (κ1) is 14.9. The number of piperazine rings is 1. The number of nitrogens with two attached hydrogens (primary N) is 1. The minimum Gasteiger partial charge on any atom is -0.296 e. The van der Waals surface area contributed by atoms with Gasteiger partial charge in [0, 0.05) is 37.2 Å². The van der Waals surface area contributed by atoms with Gasteiger partial charge >= 0.3 is 0 Å². The highest BCUT2D eigenvalue weighted by atomic mass is 79.9. The van der Waals surface area contributed by atoms with Crippen LogP contribution in [-0.4, -0.2) is 43.8 Å². The SMILES string of the molecule is NS(=O)(=O)N1CCN(Cc2ccc(F)cc2Br)CC1. The molecule has 5 nitrogen and oxygen atoms in total. The maximum atomic E-state index is 13.0. The maximum Gasteiger partial charge on any atom is 0.276 e. The molecule has 106 valence electrons. The fourth-order valence-electron chi connectivity index (χ4n) is 2.03. The average molecular weight is 352 g/mol. The Balaban J connectivity index is 1.96. The van der Waals surface area contributed by atoms with Crippen LogP contribution in [0.5, 0.6) is 0 Å². The normalized spacial score (nSPS) is 18.7. The van der Waals surface area contributed by atoms with Gasteiger partial charge in [-0.15, -0.1) is 0 Å². The van der Waals surface area contributed by atoms with Crippen LogP contribution in [0.1, 0.15) is 5.56 Å². The summed E-state index contributed by atoms with van der Waals surface area (Å²) in [6.07, 6.45) is 0. The van der Waals surface area contributed by atoms with E-state index in [1.54, 1.807) is 6.07 Å². The van der Waals surface area contributed by atoms with Crippen molar-refractivity contribution in [2.24, 2.45) is 5.14 Å². The lowest BCUT2D eigenvalue weighted by Crippen LogP contribution is -2.50. The first-order valence-corrected chi connectivity index (χ1v) is 8.10. The van der Waals surface area contributed by atoms with Crippen molar-refractivity contribution in [1.29, 1.82) is 0 Å². The second-order valence-corrected chi connectivity index (χ2v) is 6.86.